The second-order valence-corrected chi connectivity index (χ2v) is 5.43. The first-order valence-electron chi connectivity index (χ1n) is 6.92. The number of rotatable bonds is 2. The molecule has 0 radical (unpaired) electrons. The van der Waals surface area contributed by atoms with Crippen molar-refractivity contribution in [3.05, 3.63) is 47.5 Å². The van der Waals surface area contributed by atoms with Gasteiger partial charge < -0.3 is 10.0 Å². The van der Waals surface area contributed by atoms with Crippen molar-refractivity contribution in [2.45, 2.75) is 31.8 Å². The zero-order valence-electron chi connectivity index (χ0n) is 11.2. The molecule has 0 fully saturated rings. The molecule has 1 aliphatic heterocycles. The molecule has 1 aliphatic carbocycles. The van der Waals surface area contributed by atoms with E-state index in [0.29, 0.717) is 13.0 Å². The lowest BCUT2D eigenvalue weighted by Gasteiger charge is -2.36. The quantitative estimate of drug-likeness (QED) is 0.837. The second-order valence-electron chi connectivity index (χ2n) is 5.43. The van der Waals surface area contributed by atoms with Crippen LogP contribution >= 0.6 is 0 Å². The Morgan fingerprint density at radius 2 is 1.75 bits per heavy atom. The van der Waals surface area contributed by atoms with E-state index in [4.69, 9.17) is 0 Å². The Morgan fingerprint density at radius 1 is 1.10 bits per heavy atom. The maximum absolute atomic E-state index is 12.5. The summed E-state index contributed by atoms with van der Waals surface area (Å²) in [6, 6.07) is 7.03. The third kappa shape index (κ3) is 2.22. The minimum atomic E-state index is -0.918. The number of nitrogens with zero attached hydrogens (tertiary/aromatic N) is 1. The van der Waals surface area contributed by atoms with Crippen LogP contribution in [0.15, 0.2) is 36.4 Å². The Morgan fingerprint density at radius 3 is 2.40 bits per heavy atom. The number of carboxylic acid groups (broad SMARTS) is 1. The highest BCUT2D eigenvalue weighted by Gasteiger charge is 2.37. The van der Waals surface area contributed by atoms with Gasteiger partial charge in [0.15, 0.2) is 0 Å². The number of fused-ring (bicyclic) bond motifs is 1. The van der Waals surface area contributed by atoms with E-state index >= 15 is 0 Å². The molecule has 4 nitrogen and oxygen atoms in total. The minimum absolute atomic E-state index is 0.0306. The lowest BCUT2D eigenvalue weighted by molar-refractivity contribution is -0.153. The number of benzene rings is 1. The molecule has 0 saturated heterocycles. The predicted octanol–water partition coefficient (Wildman–Crippen LogP) is 1.99. The van der Waals surface area contributed by atoms with Crippen molar-refractivity contribution in [1.82, 2.24) is 4.90 Å². The monoisotopic (exact) mass is 271 g/mol. The van der Waals surface area contributed by atoms with E-state index in [9.17, 15) is 14.7 Å². The summed E-state index contributed by atoms with van der Waals surface area (Å²) in [5, 5.41) is 9.42. The fourth-order valence-electron chi connectivity index (χ4n) is 3.03. The molecule has 0 aromatic heterocycles. The van der Waals surface area contributed by atoms with Crippen LogP contribution in [-0.2, 0) is 22.6 Å². The molecule has 1 heterocycles. The molecule has 1 aromatic carbocycles. The third-order valence-corrected chi connectivity index (χ3v) is 4.17. The van der Waals surface area contributed by atoms with Crippen molar-refractivity contribution < 1.29 is 14.7 Å². The van der Waals surface area contributed by atoms with Gasteiger partial charge in [-0.3, -0.25) is 4.79 Å². The van der Waals surface area contributed by atoms with Crippen LogP contribution in [0.25, 0.3) is 0 Å². The lowest BCUT2D eigenvalue weighted by Crippen LogP contribution is -2.50. The SMILES string of the molecule is O=C(O)[C@@H]1Cc2ccccc2CN1C(=O)C1CC=CC1. The average Bonchev–Trinajstić information content (AvgIpc) is 2.99. The van der Waals surface area contributed by atoms with Gasteiger partial charge in [-0.05, 0) is 24.0 Å². The summed E-state index contributed by atoms with van der Waals surface area (Å²) in [7, 11) is 0. The molecule has 0 saturated carbocycles. The summed E-state index contributed by atoms with van der Waals surface area (Å²) < 4.78 is 0. The van der Waals surface area contributed by atoms with Gasteiger partial charge >= 0.3 is 5.97 Å². The van der Waals surface area contributed by atoms with E-state index < -0.39 is 12.0 Å². The fraction of sp³-hybridized carbons (Fsp3) is 0.375. The highest BCUT2D eigenvalue weighted by Crippen LogP contribution is 2.28. The van der Waals surface area contributed by atoms with Crippen LogP contribution < -0.4 is 0 Å². The van der Waals surface area contributed by atoms with Gasteiger partial charge in [-0.15, -0.1) is 0 Å². The zero-order chi connectivity index (χ0) is 14.1. The molecule has 104 valence electrons. The number of carbonyl (C=O) groups excluding carboxylic acids is 1. The second kappa shape index (κ2) is 5.12. The molecule has 1 aromatic rings. The van der Waals surface area contributed by atoms with Crippen molar-refractivity contribution >= 4 is 11.9 Å². The number of allylic oxidation sites excluding steroid dienone is 2. The van der Waals surface area contributed by atoms with Gasteiger partial charge in [-0.2, -0.15) is 0 Å². The van der Waals surface area contributed by atoms with E-state index in [1.165, 1.54) is 0 Å². The van der Waals surface area contributed by atoms with Crippen molar-refractivity contribution in [2.24, 2.45) is 5.92 Å². The Kier molecular flexibility index (Phi) is 3.30. The van der Waals surface area contributed by atoms with Crippen LogP contribution in [0.1, 0.15) is 24.0 Å². The van der Waals surface area contributed by atoms with E-state index in [1.54, 1.807) is 4.90 Å². The minimum Gasteiger partial charge on any atom is -0.480 e. The van der Waals surface area contributed by atoms with E-state index in [-0.39, 0.29) is 11.8 Å². The van der Waals surface area contributed by atoms with Crippen LogP contribution in [0, 0.1) is 5.92 Å². The number of hydrogen-bond donors (Lipinski definition) is 1. The van der Waals surface area contributed by atoms with Crippen LogP contribution in [0.2, 0.25) is 0 Å². The summed E-state index contributed by atoms with van der Waals surface area (Å²) in [6.45, 7) is 0.405. The third-order valence-electron chi connectivity index (χ3n) is 4.17. The molecule has 20 heavy (non-hydrogen) atoms. The summed E-state index contributed by atoms with van der Waals surface area (Å²) in [5.74, 6) is -1.03. The fourth-order valence-corrected chi connectivity index (χ4v) is 3.03. The number of aliphatic carboxylic acids is 1. The summed E-state index contributed by atoms with van der Waals surface area (Å²) >= 11 is 0. The Labute approximate surface area is 117 Å². The molecule has 0 bridgehead atoms. The Hall–Kier alpha value is -2.10. The van der Waals surface area contributed by atoms with E-state index in [2.05, 4.69) is 0 Å². The first-order valence-corrected chi connectivity index (χ1v) is 6.92. The van der Waals surface area contributed by atoms with Gasteiger partial charge in [-0.25, -0.2) is 4.79 Å². The molecule has 1 N–H and O–H groups in total. The number of carboxylic acids is 1. The van der Waals surface area contributed by atoms with E-state index in [0.717, 1.165) is 24.0 Å². The number of hydrogen-bond acceptors (Lipinski definition) is 2. The van der Waals surface area contributed by atoms with Gasteiger partial charge in [0.25, 0.3) is 0 Å². The predicted molar refractivity (Wildman–Crippen MR) is 74.0 cm³/mol. The maximum atomic E-state index is 12.5. The van der Waals surface area contributed by atoms with Crippen molar-refractivity contribution in [3.63, 3.8) is 0 Å². The molecule has 3 rings (SSSR count). The largest absolute Gasteiger partial charge is 0.480 e. The topological polar surface area (TPSA) is 57.6 Å². The van der Waals surface area contributed by atoms with Gasteiger partial charge in [0.2, 0.25) is 5.91 Å². The molecule has 0 unspecified atom stereocenters. The van der Waals surface area contributed by atoms with Crippen molar-refractivity contribution in [1.29, 1.82) is 0 Å². The zero-order valence-corrected chi connectivity index (χ0v) is 11.2. The average molecular weight is 271 g/mol. The summed E-state index contributed by atoms with van der Waals surface area (Å²) in [5.41, 5.74) is 2.10. The Bertz CT molecular complexity index is 571. The molecule has 0 spiro atoms. The van der Waals surface area contributed by atoms with Crippen LogP contribution in [0.3, 0.4) is 0 Å². The van der Waals surface area contributed by atoms with Crippen LogP contribution in [-0.4, -0.2) is 27.9 Å². The molecule has 4 heteroatoms. The van der Waals surface area contributed by atoms with Crippen molar-refractivity contribution in [2.75, 3.05) is 0 Å². The van der Waals surface area contributed by atoms with Gasteiger partial charge in [0.1, 0.15) is 6.04 Å². The number of carbonyl (C=O) groups is 2. The highest BCUT2D eigenvalue weighted by atomic mass is 16.4. The first-order chi connectivity index (χ1) is 9.66. The van der Waals surface area contributed by atoms with E-state index in [1.807, 2.05) is 36.4 Å². The maximum Gasteiger partial charge on any atom is 0.326 e. The molecule has 1 amide bonds. The van der Waals surface area contributed by atoms with Crippen LogP contribution in [0.4, 0.5) is 0 Å². The summed E-state index contributed by atoms with van der Waals surface area (Å²) in [6.07, 6.45) is 5.84. The van der Waals surface area contributed by atoms with Gasteiger partial charge in [0.05, 0.1) is 0 Å². The molecule has 2 aliphatic rings. The van der Waals surface area contributed by atoms with Crippen molar-refractivity contribution in [3.8, 4) is 0 Å². The highest BCUT2D eigenvalue weighted by molar-refractivity contribution is 5.86. The Balaban J connectivity index is 1.88. The van der Waals surface area contributed by atoms with Gasteiger partial charge in [0, 0.05) is 18.9 Å². The smallest absolute Gasteiger partial charge is 0.326 e. The molecular weight excluding hydrogens is 254 g/mol. The lowest BCUT2D eigenvalue weighted by atomic mass is 9.92. The molecular formula is C16H17NO3. The number of amides is 1. The summed E-state index contributed by atoms with van der Waals surface area (Å²) in [4.78, 5) is 25.6. The first kappa shape index (κ1) is 12.9. The van der Waals surface area contributed by atoms with Gasteiger partial charge in [-0.1, -0.05) is 36.4 Å². The standard InChI is InChI=1S/C16H17NO3/c18-15(11-5-1-2-6-11)17-10-13-8-4-3-7-12(13)9-14(17)16(19)20/h1-4,7-8,11,14H,5-6,9-10H2,(H,19,20)/t14-/m0/s1. The molecule has 1 atom stereocenters. The normalized spacial score (nSPS) is 21.8. The van der Waals surface area contributed by atoms with Crippen LogP contribution in [0.5, 0.6) is 0 Å².